The molecule has 0 spiro atoms. The van der Waals surface area contributed by atoms with Crippen LogP contribution in [-0.2, 0) is 16.0 Å². The van der Waals surface area contributed by atoms with E-state index in [1.807, 2.05) is 18.2 Å². The van der Waals surface area contributed by atoms with Gasteiger partial charge in [-0.2, -0.15) is 0 Å². The number of cyclic esters (lactones) is 1. The Labute approximate surface area is 136 Å². The number of rotatable bonds is 3. The van der Waals surface area contributed by atoms with Crippen LogP contribution in [-0.4, -0.2) is 37.7 Å². The van der Waals surface area contributed by atoms with Gasteiger partial charge in [-0.1, -0.05) is 20.8 Å². The molecule has 3 rings (SSSR count). The van der Waals surface area contributed by atoms with Crippen LogP contribution in [0.15, 0.2) is 18.2 Å². The van der Waals surface area contributed by atoms with E-state index in [0.29, 0.717) is 13.1 Å². The van der Waals surface area contributed by atoms with Crippen LogP contribution < -0.4 is 15.5 Å². The van der Waals surface area contributed by atoms with Gasteiger partial charge >= 0.3 is 6.09 Å². The van der Waals surface area contributed by atoms with Crippen molar-refractivity contribution in [3.63, 3.8) is 0 Å². The van der Waals surface area contributed by atoms with E-state index >= 15 is 0 Å². The number of fused-ring (bicyclic) bond motifs is 1. The summed E-state index contributed by atoms with van der Waals surface area (Å²) in [6, 6.07) is 5.87. The topological polar surface area (TPSA) is 75.9 Å². The average Bonchev–Trinajstić information content (AvgIpc) is 3.06. The molecule has 0 radical (unpaired) electrons. The largest absolute Gasteiger partial charge is 0.443 e. The fourth-order valence-corrected chi connectivity index (χ4v) is 3.34. The van der Waals surface area contributed by atoms with Crippen molar-refractivity contribution >= 4 is 23.9 Å². The van der Waals surface area contributed by atoms with Crippen LogP contribution >= 0.6 is 0 Å². The molecule has 124 valence electrons. The molecule has 2 N–H and O–H groups in total. The van der Waals surface area contributed by atoms with Crippen LogP contribution in [0, 0.1) is 5.41 Å². The first-order valence-corrected chi connectivity index (χ1v) is 7.90. The standard InChI is InChI=1S/C17H23N3O3/c1-17(2,3)15-7-11-6-12(4-5-14(11)20(15)10-21)19-9-13(8-18)23-16(19)22/h4-6,10,13,15H,7-9,18H2,1-3H3/t13-,15?/m0/s1. The van der Waals surface area contributed by atoms with Crippen LogP contribution in [0.5, 0.6) is 0 Å². The van der Waals surface area contributed by atoms with E-state index in [9.17, 15) is 9.59 Å². The number of nitrogens with zero attached hydrogens (tertiary/aromatic N) is 2. The molecule has 2 amide bonds. The number of benzene rings is 1. The Kier molecular flexibility index (Phi) is 3.80. The lowest BCUT2D eigenvalue weighted by Crippen LogP contribution is -2.41. The zero-order chi connectivity index (χ0) is 16.8. The highest BCUT2D eigenvalue weighted by Crippen LogP contribution is 2.40. The molecule has 2 aliphatic heterocycles. The van der Waals surface area contributed by atoms with Gasteiger partial charge in [0, 0.05) is 24.0 Å². The van der Waals surface area contributed by atoms with Crippen LogP contribution in [0.2, 0.25) is 0 Å². The molecule has 2 heterocycles. The number of carbonyl (C=O) groups excluding carboxylic acids is 2. The first-order valence-electron chi connectivity index (χ1n) is 7.90. The predicted molar refractivity (Wildman–Crippen MR) is 88.6 cm³/mol. The Morgan fingerprint density at radius 3 is 2.70 bits per heavy atom. The van der Waals surface area contributed by atoms with Crippen LogP contribution in [0.3, 0.4) is 0 Å². The summed E-state index contributed by atoms with van der Waals surface area (Å²) in [7, 11) is 0. The van der Waals surface area contributed by atoms with Gasteiger partial charge in [0.15, 0.2) is 0 Å². The molecule has 6 nitrogen and oxygen atoms in total. The number of anilines is 2. The second kappa shape index (κ2) is 5.53. The molecule has 6 heteroatoms. The number of nitrogens with two attached hydrogens (primary N) is 1. The molecule has 23 heavy (non-hydrogen) atoms. The number of ether oxygens (including phenoxy) is 1. The van der Waals surface area contributed by atoms with Crippen molar-refractivity contribution in [1.29, 1.82) is 0 Å². The fraction of sp³-hybridized carbons (Fsp3) is 0.529. The maximum absolute atomic E-state index is 12.0. The molecule has 0 saturated carbocycles. The van der Waals surface area contributed by atoms with Crippen molar-refractivity contribution < 1.29 is 14.3 Å². The van der Waals surface area contributed by atoms with Gasteiger partial charge in [-0.25, -0.2) is 4.79 Å². The van der Waals surface area contributed by atoms with Gasteiger partial charge in [0.1, 0.15) is 6.10 Å². The molecule has 1 aromatic rings. The molecule has 2 aliphatic rings. The van der Waals surface area contributed by atoms with Gasteiger partial charge in [0.05, 0.1) is 6.54 Å². The van der Waals surface area contributed by atoms with Gasteiger partial charge in [-0.15, -0.1) is 0 Å². The Morgan fingerprint density at radius 2 is 2.13 bits per heavy atom. The molecular formula is C17H23N3O3. The highest BCUT2D eigenvalue weighted by Gasteiger charge is 2.38. The third-order valence-corrected chi connectivity index (χ3v) is 4.65. The number of amides is 2. The van der Waals surface area contributed by atoms with Gasteiger partial charge in [0.2, 0.25) is 6.41 Å². The SMILES string of the molecule is CC(C)(C)C1Cc2cc(N3C[C@H](CN)OC3=O)ccc2N1C=O. The first kappa shape index (κ1) is 15.8. The summed E-state index contributed by atoms with van der Waals surface area (Å²) in [4.78, 5) is 26.9. The molecule has 0 bridgehead atoms. The summed E-state index contributed by atoms with van der Waals surface area (Å²) < 4.78 is 5.21. The monoisotopic (exact) mass is 317 g/mol. The smallest absolute Gasteiger partial charge is 0.414 e. The molecule has 1 saturated heterocycles. The quantitative estimate of drug-likeness (QED) is 0.864. The van der Waals surface area contributed by atoms with Gasteiger partial charge in [-0.3, -0.25) is 9.69 Å². The molecule has 0 aliphatic carbocycles. The molecule has 2 atom stereocenters. The number of carbonyl (C=O) groups is 2. The van der Waals surface area contributed by atoms with Crippen molar-refractivity contribution in [3.8, 4) is 0 Å². The minimum Gasteiger partial charge on any atom is -0.443 e. The predicted octanol–water partition coefficient (Wildman–Crippen LogP) is 1.90. The third kappa shape index (κ3) is 2.67. The van der Waals surface area contributed by atoms with Crippen molar-refractivity contribution in [2.24, 2.45) is 11.1 Å². The lowest BCUT2D eigenvalue weighted by atomic mass is 9.84. The highest BCUT2D eigenvalue weighted by atomic mass is 16.6. The first-order chi connectivity index (χ1) is 10.8. The Hall–Kier alpha value is -2.08. The number of hydrogen-bond acceptors (Lipinski definition) is 4. The summed E-state index contributed by atoms with van der Waals surface area (Å²) in [6.07, 6.45) is 1.06. The van der Waals surface area contributed by atoms with Crippen LogP contribution in [0.25, 0.3) is 0 Å². The van der Waals surface area contributed by atoms with Gasteiger partial charge < -0.3 is 15.4 Å². The Balaban J connectivity index is 1.91. The second-order valence-corrected chi connectivity index (χ2v) is 7.26. The zero-order valence-corrected chi connectivity index (χ0v) is 13.8. The average molecular weight is 317 g/mol. The van der Waals surface area contributed by atoms with Crippen LogP contribution in [0.4, 0.5) is 16.2 Å². The maximum Gasteiger partial charge on any atom is 0.414 e. The second-order valence-electron chi connectivity index (χ2n) is 7.26. The van der Waals surface area contributed by atoms with E-state index < -0.39 is 0 Å². The van der Waals surface area contributed by atoms with E-state index in [1.165, 1.54) is 0 Å². The van der Waals surface area contributed by atoms with E-state index in [4.69, 9.17) is 10.5 Å². The molecule has 1 aromatic carbocycles. The van der Waals surface area contributed by atoms with E-state index in [1.54, 1.807) is 9.80 Å². The van der Waals surface area contributed by atoms with E-state index in [-0.39, 0.29) is 23.7 Å². The van der Waals surface area contributed by atoms with Crippen molar-refractivity contribution in [3.05, 3.63) is 23.8 Å². The zero-order valence-electron chi connectivity index (χ0n) is 13.8. The van der Waals surface area contributed by atoms with Crippen molar-refractivity contribution in [1.82, 2.24) is 0 Å². The third-order valence-electron chi connectivity index (χ3n) is 4.65. The van der Waals surface area contributed by atoms with Gasteiger partial charge in [0.25, 0.3) is 0 Å². The highest BCUT2D eigenvalue weighted by molar-refractivity contribution is 5.91. The Morgan fingerprint density at radius 1 is 1.39 bits per heavy atom. The summed E-state index contributed by atoms with van der Waals surface area (Å²) >= 11 is 0. The molecule has 1 unspecified atom stereocenters. The summed E-state index contributed by atoms with van der Waals surface area (Å²) in [5, 5.41) is 0. The van der Waals surface area contributed by atoms with E-state index in [2.05, 4.69) is 20.8 Å². The molecule has 1 fully saturated rings. The minimum atomic E-state index is -0.363. The Bertz CT molecular complexity index is 638. The minimum absolute atomic E-state index is 0.0166. The summed E-state index contributed by atoms with van der Waals surface area (Å²) in [5.41, 5.74) is 8.36. The molecule has 0 aromatic heterocycles. The lowest BCUT2D eigenvalue weighted by molar-refractivity contribution is -0.108. The van der Waals surface area contributed by atoms with Crippen molar-refractivity contribution in [2.75, 3.05) is 22.9 Å². The maximum atomic E-state index is 12.0. The van der Waals surface area contributed by atoms with Crippen molar-refractivity contribution in [2.45, 2.75) is 39.3 Å². The lowest BCUT2D eigenvalue weighted by Gasteiger charge is -2.32. The fourth-order valence-electron chi connectivity index (χ4n) is 3.34. The normalized spacial score (nSPS) is 23.9. The molecular weight excluding hydrogens is 294 g/mol. The van der Waals surface area contributed by atoms with Gasteiger partial charge in [-0.05, 0) is 35.6 Å². The van der Waals surface area contributed by atoms with Crippen LogP contribution in [0.1, 0.15) is 26.3 Å². The number of hydrogen-bond donors (Lipinski definition) is 1. The summed E-state index contributed by atoms with van der Waals surface area (Å²) in [5.74, 6) is 0. The van der Waals surface area contributed by atoms with E-state index in [0.717, 1.165) is 29.8 Å². The summed E-state index contributed by atoms with van der Waals surface area (Å²) in [6.45, 7) is 7.17.